The molecular weight excluding hydrogens is 324 g/mol. The highest BCUT2D eigenvalue weighted by Crippen LogP contribution is 2.32. The number of benzene rings is 2. The minimum atomic E-state index is -0.329. The molecule has 0 aromatic heterocycles. The number of nitrogens with one attached hydrogen (secondary N) is 1. The molecule has 130 valence electrons. The van der Waals surface area contributed by atoms with Crippen molar-refractivity contribution in [3.05, 3.63) is 53.6 Å². The van der Waals surface area contributed by atoms with E-state index < -0.39 is 0 Å². The Kier molecular flexibility index (Phi) is 5.03. The number of aliphatic imine (C=N–C) groups is 1. The van der Waals surface area contributed by atoms with Gasteiger partial charge in [0.25, 0.3) is 11.9 Å². The molecule has 1 aliphatic rings. The summed E-state index contributed by atoms with van der Waals surface area (Å²) in [5.41, 5.74) is 1.36. The molecule has 3 rings (SSSR count). The third kappa shape index (κ3) is 4.00. The van der Waals surface area contributed by atoms with Gasteiger partial charge in [-0.2, -0.15) is 0 Å². The summed E-state index contributed by atoms with van der Waals surface area (Å²) in [6.45, 7) is 0.556. The van der Waals surface area contributed by atoms with Crippen LogP contribution in [0.1, 0.15) is 15.9 Å². The van der Waals surface area contributed by atoms with E-state index in [0.29, 0.717) is 29.4 Å². The van der Waals surface area contributed by atoms with Gasteiger partial charge in [-0.1, -0.05) is 12.1 Å². The molecule has 7 nitrogen and oxygen atoms in total. The first-order chi connectivity index (χ1) is 12.2. The average Bonchev–Trinajstić information content (AvgIpc) is 3.12. The SMILES string of the molecule is COC(=NCc1ccc2c(c1)OCO2)NC(=O)c1cccc(OC)c1. The summed E-state index contributed by atoms with van der Waals surface area (Å²) in [4.78, 5) is 16.6. The third-order valence-corrected chi connectivity index (χ3v) is 3.59. The van der Waals surface area contributed by atoms with Crippen molar-refractivity contribution >= 4 is 11.9 Å². The van der Waals surface area contributed by atoms with Gasteiger partial charge in [0.2, 0.25) is 6.79 Å². The Bertz CT molecular complexity index is 804. The molecule has 0 bridgehead atoms. The summed E-state index contributed by atoms with van der Waals surface area (Å²) in [5, 5.41) is 2.63. The second-order valence-corrected chi connectivity index (χ2v) is 5.20. The fourth-order valence-electron chi connectivity index (χ4n) is 2.29. The number of hydrogen-bond acceptors (Lipinski definition) is 6. The van der Waals surface area contributed by atoms with E-state index in [1.807, 2.05) is 18.2 Å². The largest absolute Gasteiger partial charge is 0.497 e. The lowest BCUT2D eigenvalue weighted by Gasteiger charge is -2.08. The van der Waals surface area contributed by atoms with Crippen LogP contribution in [0.2, 0.25) is 0 Å². The lowest BCUT2D eigenvalue weighted by atomic mass is 10.2. The molecule has 0 radical (unpaired) electrons. The van der Waals surface area contributed by atoms with Crippen molar-refractivity contribution < 1.29 is 23.7 Å². The topological polar surface area (TPSA) is 78.4 Å². The third-order valence-electron chi connectivity index (χ3n) is 3.59. The normalized spacial score (nSPS) is 12.6. The van der Waals surface area contributed by atoms with Gasteiger partial charge >= 0.3 is 0 Å². The number of nitrogens with zero attached hydrogens (tertiary/aromatic N) is 1. The molecule has 2 aromatic carbocycles. The van der Waals surface area contributed by atoms with Crippen LogP contribution >= 0.6 is 0 Å². The average molecular weight is 342 g/mol. The molecule has 1 N–H and O–H groups in total. The number of amidine groups is 1. The van der Waals surface area contributed by atoms with Gasteiger partial charge in [-0.05, 0) is 35.9 Å². The van der Waals surface area contributed by atoms with Crippen molar-refractivity contribution in [2.24, 2.45) is 4.99 Å². The van der Waals surface area contributed by atoms with E-state index in [1.165, 1.54) is 7.11 Å². The van der Waals surface area contributed by atoms with E-state index in [2.05, 4.69) is 10.3 Å². The lowest BCUT2D eigenvalue weighted by molar-refractivity contribution is 0.0968. The molecule has 25 heavy (non-hydrogen) atoms. The maximum atomic E-state index is 12.3. The molecule has 0 atom stereocenters. The molecular formula is C18H18N2O5. The Morgan fingerprint density at radius 3 is 2.80 bits per heavy atom. The van der Waals surface area contributed by atoms with E-state index in [0.717, 1.165) is 5.56 Å². The summed E-state index contributed by atoms with van der Waals surface area (Å²) >= 11 is 0. The minimum absolute atomic E-state index is 0.130. The van der Waals surface area contributed by atoms with Crippen LogP contribution < -0.4 is 19.5 Å². The molecule has 1 heterocycles. The Morgan fingerprint density at radius 2 is 2.00 bits per heavy atom. The smallest absolute Gasteiger partial charge is 0.291 e. The number of methoxy groups -OCH3 is 2. The van der Waals surface area contributed by atoms with Crippen molar-refractivity contribution in [3.63, 3.8) is 0 Å². The van der Waals surface area contributed by atoms with Crippen LogP contribution in [0.25, 0.3) is 0 Å². The number of carbonyl (C=O) groups is 1. The van der Waals surface area contributed by atoms with Crippen molar-refractivity contribution in [2.75, 3.05) is 21.0 Å². The summed E-state index contributed by atoms with van der Waals surface area (Å²) in [6.07, 6.45) is 0. The van der Waals surface area contributed by atoms with Gasteiger partial charge in [-0.25, -0.2) is 4.99 Å². The van der Waals surface area contributed by atoms with Gasteiger partial charge in [0.05, 0.1) is 20.8 Å². The molecule has 1 amide bonds. The van der Waals surface area contributed by atoms with Gasteiger partial charge < -0.3 is 18.9 Å². The van der Waals surface area contributed by atoms with Crippen LogP contribution in [0.5, 0.6) is 17.2 Å². The highest BCUT2D eigenvalue weighted by Gasteiger charge is 2.14. The molecule has 1 aliphatic heterocycles. The predicted octanol–water partition coefficient (Wildman–Crippen LogP) is 2.36. The molecule has 0 unspecified atom stereocenters. The summed E-state index contributed by atoms with van der Waals surface area (Å²) in [5.74, 6) is 1.67. The second-order valence-electron chi connectivity index (χ2n) is 5.20. The van der Waals surface area contributed by atoms with E-state index in [9.17, 15) is 4.79 Å². The molecule has 0 spiro atoms. The quantitative estimate of drug-likeness (QED) is 0.682. The van der Waals surface area contributed by atoms with Crippen LogP contribution in [0.4, 0.5) is 0 Å². The Morgan fingerprint density at radius 1 is 1.16 bits per heavy atom. The Balaban J connectivity index is 1.67. The van der Waals surface area contributed by atoms with Gasteiger partial charge in [0, 0.05) is 5.56 Å². The van der Waals surface area contributed by atoms with Gasteiger partial charge in [-0.15, -0.1) is 0 Å². The van der Waals surface area contributed by atoms with E-state index in [1.54, 1.807) is 31.4 Å². The van der Waals surface area contributed by atoms with E-state index in [4.69, 9.17) is 18.9 Å². The first-order valence-electron chi connectivity index (χ1n) is 7.62. The minimum Gasteiger partial charge on any atom is -0.497 e. The first-order valence-corrected chi connectivity index (χ1v) is 7.62. The molecule has 2 aromatic rings. The van der Waals surface area contributed by atoms with Crippen LogP contribution in [-0.2, 0) is 11.3 Å². The molecule has 0 saturated heterocycles. The molecule has 0 saturated carbocycles. The van der Waals surface area contributed by atoms with Crippen molar-refractivity contribution in [3.8, 4) is 17.2 Å². The molecule has 0 fully saturated rings. The van der Waals surface area contributed by atoms with Crippen molar-refractivity contribution in [1.29, 1.82) is 0 Å². The fourth-order valence-corrected chi connectivity index (χ4v) is 2.29. The summed E-state index contributed by atoms with van der Waals surface area (Å²) in [6, 6.07) is 12.5. The summed E-state index contributed by atoms with van der Waals surface area (Å²) in [7, 11) is 2.99. The maximum Gasteiger partial charge on any atom is 0.291 e. The highest BCUT2D eigenvalue weighted by atomic mass is 16.7. The Hall–Kier alpha value is -3.22. The van der Waals surface area contributed by atoms with Crippen molar-refractivity contribution in [2.45, 2.75) is 6.54 Å². The number of ether oxygens (including phenoxy) is 4. The van der Waals surface area contributed by atoms with Crippen molar-refractivity contribution in [1.82, 2.24) is 5.32 Å². The fraction of sp³-hybridized carbons (Fsp3) is 0.222. The zero-order chi connectivity index (χ0) is 17.6. The van der Waals surface area contributed by atoms with Crippen LogP contribution in [-0.4, -0.2) is 32.9 Å². The van der Waals surface area contributed by atoms with E-state index >= 15 is 0 Å². The maximum absolute atomic E-state index is 12.3. The zero-order valence-corrected chi connectivity index (χ0v) is 13.9. The lowest BCUT2D eigenvalue weighted by Crippen LogP contribution is -2.31. The predicted molar refractivity (Wildman–Crippen MR) is 91.2 cm³/mol. The van der Waals surface area contributed by atoms with Gasteiger partial charge in [-0.3, -0.25) is 10.1 Å². The monoisotopic (exact) mass is 342 g/mol. The number of rotatable bonds is 4. The van der Waals surface area contributed by atoms with Crippen LogP contribution in [0.15, 0.2) is 47.5 Å². The summed E-state index contributed by atoms with van der Waals surface area (Å²) < 4.78 is 20.9. The first kappa shape index (κ1) is 16.6. The number of carbonyl (C=O) groups excluding carboxylic acids is 1. The molecule has 7 heteroatoms. The second kappa shape index (κ2) is 7.57. The van der Waals surface area contributed by atoms with E-state index in [-0.39, 0.29) is 18.7 Å². The highest BCUT2D eigenvalue weighted by molar-refractivity contribution is 6.04. The van der Waals surface area contributed by atoms with Gasteiger partial charge in [0.1, 0.15) is 5.75 Å². The zero-order valence-electron chi connectivity index (χ0n) is 13.9. The Labute approximate surface area is 145 Å². The van der Waals surface area contributed by atoms with Crippen LogP contribution in [0.3, 0.4) is 0 Å². The number of hydrogen-bond donors (Lipinski definition) is 1. The van der Waals surface area contributed by atoms with Gasteiger partial charge in [0.15, 0.2) is 11.5 Å². The standard InChI is InChI=1S/C18H18N2O5/c1-22-14-5-3-4-13(9-14)17(21)20-18(23-2)19-10-12-6-7-15-16(8-12)25-11-24-15/h3-9H,10-11H2,1-2H3,(H,19,20,21). The van der Waals surface area contributed by atoms with Crippen LogP contribution in [0, 0.1) is 0 Å². The molecule has 0 aliphatic carbocycles. The number of amides is 1. The number of fused-ring (bicyclic) bond motifs is 1.